The third kappa shape index (κ3) is 2.50. The quantitative estimate of drug-likeness (QED) is 0.868. The summed E-state index contributed by atoms with van der Waals surface area (Å²) >= 11 is 0. The number of hydrogen-bond donors (Lipinski definition) is 1. The van der Waals surface area contributed by atoms with Crippen LogP contribution >= 0.6 is 0 Å². The Morgan fingerprint density at radius 1 is 1.50 bits per heavy atom. The molecular formula is C11H13N5O2. The van der Waals surface area contributed by atoms with E-state index in [2.05, 4.69) is 20.5 Å². The smallest absolute Gasteiger partial charge is 0.305 e. The molecule has 1 atom stereocenters. The van der Waals surface area contributed by atoms with E-state index in [1.807, 2.05) is 19.1 Å². The molecule has 0 aliphatic rings. The number of carbonyl (C=O) groups is 1. The van der Waals surface area contributed by atoms with Crippen LogP contribution in [0.2, 0.25) is 0 Å². The average Bonchev–Trinajstić information content (AvgIpc) is 2.78. The van der Waals surface area contributed by atoms with Crippen LogP contribution in [-0.2, 0) is 4.79 Å². The molecule has 0 aliphatic heterocycles. The van der Waals surface area contributed by atoms with Gasteiger partial charge >= 0.3 is 5.97 Å². The molecule has 0 radical (unpaired) electrons. The Morgan fingerprint density at radius 2 is 2.28 bits per heavy atom. The number of carboxylic acid groups (broad SMARTS) is 1. The van der Waals surface area contributed by atoms with Gasteiger partial charge in [0.05, 0.1) is 12.5 Å². The van der Waals surface area contributed by atoms with Crippen LogP contribution in [0.4, 0.5) is 0 Å². The second-order valence-electron chi connectivity index (χ2n) is 4.08. The summed E-state index contributed by atoms with van der Waals surface area (Å²) in [6, 6.07) is 3.41. The molecule has 18 heavy (non-hydrogen) atoms. The topological polar surface area (TPSA) is 93.8 Å². The highest BCUT2D eigenvalue weighted by Gasteiger charge is 2.17. The SMILES string of the molecule is Cc1ccc(-c2nnnn2C(C)CC(=O)O)cn1. The Hall–Kier alpha value is -2.31. The van der Waals surface area contributed by atoms with Crippen molar-refractivity contribution in [3.63, 3.8) is 0 Å². The van der Waals surface area contributed by atoms with Gasteiger partial charge in [0, 0.05) is 17.5 Å². The van der Waals surface area contributed by atoms with E-state index >= 15 is 0 Å². The molecular weight excluding hydrogens is 234 g/mol. The highest BCUT2D eigenvalue weighted by atomic mass is 16.4. The summed E-state index contributed by atoms with van der Waals surface area (Å²) < 4.78 is 1.50. The van der Waals surface area contributed by atoms with Crippen molar-refractivity contribution in [2.24, 2.45) is 0 Å². The van der Waals surface area contributed by atoms with E-state index in [1.165, 1.54) is 4.68 Å². The zero-order valence-corrected chi connectivity index (χ0v) is 10.1. The van der Waals surface area contributed by atoms with Crippen molar-refractivity contribution in [2.75, 3.05) is 0 Å². The largest absolute Gasteiger partial charge is 0.481 e. The first-order valence-corrected chi connectivity index (χ1v) is 5.50. The maximum atomic E-state index is 10.7. The third-order valence-corrected chi connectivity index (χ3v) is 2.55. The fourth-order valence-corrected chi connectivity index (χ4v) is 1.62. The molecule has 0 aromatic carbocycles. The molecule has 0 fully saturated rings. The van der Waals surface area contributed by atoms with Crippen LogP contribution in [0.3, 0.4) is 0 Å². The van der Waals surface area contributed by atoms with Crippen LogP contribution < -0.4 is 0 Å². The summed E-state index contributed by atoms with van der Waals surface area (Å²) in [6.45, 7) is 3.65. The van der Waals surface area contributed by atoms with Gasteiger partial charge < -0.3 is 5.11 Å². The van der Waals surface area contributed by atoms with E-state index in [-0.39, 0.29) is 12.5 Å². The Balaban J connectivity index is 2.32. The van der Waals surface area contributed by atoms with Crippen molar-refractivity contribution in [2.45, 2.75) is 26.3 Å². The molecule has 0 aliphatic carbocycles. The number of hydrogen-bond acceptors (Lipinski definition) is 5. The van der Waals surface area contributed by atoms with E-state index in [1.54, 1.807) is 13.1 Å². The molecule has 0 bridgehead atoms. The molecule has 2 rings (SSSR count). The van der Waals surface area contributed by atoms with Gasteiger partial charge in [-0.05, 0) is 36.4 Å². The second-order valence-corrected chi connectivity index (χ2v) is 4.08. The van der Waals surface area contributed by atoms with Crippen LogP contribution in [0.15, 0.2) is 18.3 Å². The molecule has 94 valence electrons. The molecule has 0 spiro atoms. The van der Waals surface area contributed by atoms with Gasteiger partial charge in [-0.15, -0.1) is 5.10 Å². The number of tetrazole rings is 1. The number of carboxylic acids is 1. The molecule has 7 nitrogen and oxygen atoms in total. The van der Waals surface area contributed by atoms with Crippen LogP contribution in [0.1, 0.15) is 25.1 Å². The molecule has 7 heteroatoms. The minimum Gasteiger partial charge on any atom is -0.481 e. The lowest BCUT2D eigenvalue weighted by Crippen LogP contribution is -2.13. The molecule has 2 aromatic heterocycles. The molecule has 0 amide bonds. The van der Waals surface area contributed by atoms with Gasteiger partial charge in [-0.25, -0.2) is 4.68 Å². The van der Waals surface area contributed by atoms with Crippen molar-refractivity contribution >= 4 is 5.97 Å². The van der Waals surface area contributed by atoms with Gasteiger partial charge in [0.2, 0.25) is 0 Å². The summed E-state index contributed by atoms with van der Waals surface area (Å²) in [7, 11) is 0. The van der Waals surface area contributed by atoms with E-state index < -0.39 is 5.97 Å². The Morgan fingerprint density at radius 3 is 2.89 bits per heavy atom. The van der Waals surface area contributed by atoms with Crippen molar-refractivity contribution in [1.29, 1.82) is 0 Å². The van der Waals surface area contributed by atoms with E-state index in [0.29, 0.717) is 5.82 Å². The summed E-state index contributed by atoms with van der Waals surface area (Å²) in [6.07, 6.45) is 1.64. The monoisotopic (exact) mass is 247 g/mol. The van der Waals surface area contributed by atoms with E-state index in [9.17, 15) is 4.79 Å². The first kappa shape index (κ1) is 12.2. The molecule has 0 saturated heterocycles. The standard InChI is InChI=1S/C11H13N5O2/c1-7-3-4-9(6-12-7)11-13-14-15-16(11)8(2)5-10(17)18/h3-4,6,8H,5H2,1-2H3,(H,17,18). The summed E-state index contributed by atoms with van der Waals surface area (Å²) in [5.41, 5.74) is 1.67. The Labute approximate surface area is 103 Å². The number of nitrogens with zero attached hydrogens (tertiary/aromatic N) is 5. The summed E-state index contributed by atoms with van der Waals surface area (Å²) in [5, 5.41) is 20.1. The van der Waals surface area contributed by atoms with Crippen LogP contribution in [0.5, 0.6) is 0 Å². The highest BCUT2D eigenvalue weighted by Crippen LogP contribution is 2.19. The van der Waals surface area contributed by atoms with Gasteiger partial charge in [-0.2, -0.15) is 0 Å². The number of pyridine rings is 1. The minimum atomic E-state index is -0.883. The third-order valence-electron chi connectivity index (χ3n) is 2.55. The van der Waals surface area contributed by atoms with Gasteiger partial charge in [-0.1, -0.05) is 0 Å². The van der Waals surface area contributed by atoms with Gasteiger partial charge in [0.1, 0.15) is 0 Å². The van der Waals surface area contributed by atoms with Crippen molar-refractivity contribution < 1.29 is 9.90 Å². The predicted molar refractivity (Wildman–Crippen MR) is 62.7 cm³/mol. The van der Waals surface area contributed by atoms with Gasteiger partial charge in [-0.3, -0.25) is 9.78 Å². The predicted octanol–water partition coefficient (Wildman–Crippen LogP) is 1.08. The first-order chi connectivity index (χ1) is 8.58. The average molecular weight is 247 g/mol. The molecule has 0 saturated carbocycles. The number of rotatable bonds is 4. The first-order valence-electron chi connectivity index (χ1n) is 5.50. The van der Waals surface area contributed by atoms with Gasteiger partial charge in [0.15, 0.2) is 5.82 Å². The highest BCUT2D eigenvalue weighted by molar-refractivity contribution is 5.67. The molecule has 2 aromatic rings. The van der Waals surface area contributed by atoms with Crippen molar-refractivity contribution in [3.05, 3.63) is 24.0 Å². The zero-order valence-electron chi connectivity index (χ0n) is 10.1. The second kappa shape index (κ2) is 4.91. The Kier molecular flexibility index (Phi) is 3.31. The van der Waals surface area contributed by atoms with Crippen LogP contribution in [-0.4, -0.2) is 36.3 Å². The maximum Gasteiger partial charge on any atom is 0.305 e. The Bertz CT molecular complexity index is 549. The number of aliphatic carboxylic acids is 1. The summed E-state index contributed by atoms with van der Waals surface area (Å²) in [4.78, 5) is 14.9. The lowest BCUT2D eigenvalue weighted by molar-refractivity contribution is -0.137. The number of aryl methyl sites for hydroxylation is 1. The summed E-state index contributed by atoms with van der Waals surface area (Å²) in [5.74, 6) is -0.359. The fourth-order valence-electron chi connectivity index (χ4n) is 1.62. The van der Waals surface area contributed by atoms with Gasteiger partial charge in [0.25, 0.3) is 0 Å². The fraction of sp³-hybridized carbons (Fsp3) is 0.364. The molecule has 2 heterocycles. The van der Waals surface area contributed by atoms with Crippen molar-refractivity contribution in [1.82, 2.24) is 25.2 Å². The van der Waals surface area contributed by atoms with E-state index in [0.717, 1.165) is 11.3 Å². The normalized spacial score (nSPS) is 12.3. The lowest BCUT2D eigenvalue weighted by Gasteiger charge is -2.10. The molecule has 1 unspecified atom stereocenters. The molecule has 1 N–H and O–H groups in total. The maximum absolute atomic E-state index is 10.7. The minimum absolute atomic E-state index is 0.0304. The van der Waals surface area contributed by atoms with Crippen molar-refractivity contribution in [3.8, 4) is 11.4 Å². The lowest BCUT2D eigenvalue weighted by atomic mass is 10.2. The van der Waals surface area contributed by atoms with Crippen LogP contribution in [0, 0.1) is 6.92 Å². The van der Waals surface area contributed by atoms with E-state index in [4.69, 9.17) is 5.11 Å². The zero-order chi connectivity index (χ0) is 13.1. The van der Waals surface area contributed by atoms with Crippen LogP contribution in [0.25, 0.3) is 11.4 Å². The number of aromatic nitrogens is 5.